The number of fused-ring (bicyclic) bond motifs is 1. The maximum Gasteiger partial charge on any atom is 0.139 e. The molecule has 0 amide bonds. The lowest BCUT2D eigenvalue weighted by Gasteiger charge is -2.12. The molecule has 0 radical (unpaired) electrons. The highest BCUT2D eigenvalue weighted by Crippen LogP contribution is 2.31. The van der Waals surface area contributed by atoms with Crippen LogP contribution in [0.1, 0.15) is 0 Å². The Hall–Kier alpha value is -2.14. The Kier molecular flexibility index (Phi) is 3.28. The number of rotatable bonds is 2. The molecule has 3 aromatic rings. The number of hydrogen-bond acceptors (Lipinski definition) is 3. The number of benzene rings is 2. The first kappa shape index (κ1) is 12.9. The summed E-state index contributed by atoms with van der Waals surface area (Å²) in [6.45, 7) is 0. The molecule has 5 heteroatoms. The van der Waals surface area contributed by atoms with Crippen LogP contribution < -0.4 is 11.1 Å². The third-order valence-electron chi connectivity index (χ3n) is 3.01. The van der Waals surface area contributed by atoms with Crippen molar-refractivity contribution in [3.63, 3.8) is 0 Å². The molecule has 0 atom stereocenters. The van der Waals surface area contributed by atoms with Crippen LogP contribution >= 0.6 is 15.9 Å². The van der Waals surface area contributed by atoms with Crippen molar-refractivity contribution < 1.29 is 4.39 Å². The average Bonchev–Trinajstić information content (AvgIpc) is 2.45. The fourth-order valence-corrected chi connectivity index (χ4v) is 2.37. The van der Waals surface area contributed by atoms with E-state index in [1.54, 1.807) is 12.3 Å². The highest BCUT2D eigenvalue weighted by atomic mass is 79.9. The van der Waals surface area contributed by atoms with Crippen LogP contribution in [0.5, 0.6) is 0 Å². The predicted octanol–water partition coefficient (Wildman–Crippen LogP) is 4.46. The Labute approximate surface area is 123 Å². The van der Waals surface area contributed by atoms with Gasteiger partial charge in [0.25, 0.3) is 0 Å². The minimum Gasteiger partial charge on any atom is -0.397 e. The van der Waals surface area contributed by atoms with E-state index in [9.17, 15) is 4.39 Å². The molecule has 0 unspecified atom stereocenters. The van der Waals surface area contributed by atoms with Crippen LogP contribution in [-0.2, 0) is 0 Å². The van der Waals surface area contributed by atoms with Gasteiger partial charge in [0.05, 0.1) is 21.4 Å². The summed E-state index contributed by atoms with van der Waals surface area (Å²) in [5.74, 6) is -0.382. The van der Waals surface area contributed by atoms with Gasteiger partial charge in [-0.2, -0.15) is 0 Å². The number of nitrogens with two attached hydrogens (primary N) is 1. The number of nitrogens with one attached hydrogen (secondary N) is 1. The zero-order chi connectivity index (χ0) is 14.1. The molecule has 0 fully saturated rings. The van der Waals surface area contributed by atoms with E-state index < -0.39 is 0 Å². The van der Waals surface area contributed by atoms with Gasteiger partial charge in [-0.15, -0.1) is 0 Å². The summed E-state index contributed by atoms with van der Waals surface area (Å²) >= 11 is 3.16. The molecular weight excluding hydrogens is 321 g/mol. The van der Waals surface area contributed by atoms with Crippen molar-refractivity contribution in [1.82, 2.24) is 4.98 Å². The van der Waals surface area contributed by atoms with E-state index in [4.69, 9.17) is 5.73 Å². The molecule has 3 rings (SSSR count). The number of pyridine rings is 1. The molecule has 0 saturated carbocycles. The summed E-state index contributed by atoms with van der Waals surface area (Å²) in [5, 5.41) is 4.20. The van der Waals surface area contributed by atoms with Crippen LogP contribution in [0.15, 0.2) is 53.1 Å². The summed E-state index contributed by atoms with van der Waals surface area (Å²) in [7, 11) is 0. The van der Waals surface area contributed by atoms with Crippen LogP contribution in [0.25, 0.3) is 10.9 Å². The van der Waals surface area contributed by atoms with Gasteiger partial charge in [-0.05, 0) is 46.3 Å². The van der Waals surface area contributed by atoms with E-state index in [1.807, 2.05) is 30.3 Å². The molecular formula is C15H11BrFN3. The van der Waals surface area contributed by atoms with Crippen molar-refractivity contribution in [1.29, 1.82) is 0 Å². The van der Waals surface area contributed by atoms with Crippen molar-refractivity contribution in [3.8, 4) is 0 Å². The molecule has 3 N–H and O–H groups in total. The average molecular weight is 332 g/mol. The topological polar surface area (TPSA) is 50.9 Å². The molecule has 0 aliphatic rings. The van der Waals surface area contributed by atoms with E-state index in [1.165, 1.54) is 6.07 Å². The summed E-state index contributed by atoms with van der Waals surface area (Å²) in [5.41, 5.74) is 8.61. The Morgan fingerprint density at radius 3 is 2.80 bits per heavy atom. The lowest BCUT2D eigenvalue weighted by molar-refractivity contribution is 0.622. The molecule has 20 heavy (non-hydrogen) atoms. The van der Waals surface area contributed by atoms with Crippen molar-refractivity contribution in [2.24, 2.45) is 0 Å². The van der Waals surface area contributed by atoms with Gasteiger partial charge < -0.3 is 11.1 Å². The lowest BCUT2D eigenvalue weighted by Crippen LogP contribution is -1.98. The minimum absolute atomic E-state index is 0.353. The smallest absolute Gasteiger partial charge is 0.139 e. The van der Waals surface area contributed by atoms with Crippen LogP contribution in [0, 0.1) is 5.82 Å². The number of halogens is 2. The SMILES string of the molecule is Nc1cc(F)c(Br)cc1Nc1cccc2ncccc12. The lowest BCUT2D eigenvalue weighted by atomic mass is 10.1. The van der Waals surface area contributed by atoms with Crippen molar-refractivity contribution >= 4 is 43.9 Å². The van der Waals surface area contributed by atoms with Crippen molar-refractivity contribution in [3.05, 3.63) is 59.0 Å². The van der Waals surface area contributed by atoms with E-state index in [0.717, 1.165) is 16.6 Å². The zero-order valence-corrected chi connectivity index (χ0v) is 12.0. The second-order valence-electron chi connectivity index (χ2n) is 4.35. The van der Waals surface area contributed by atoms with Gasteiger partial charge in [0.1, 0.15) is 5.82 Å². The van der Waals surface area contributed by atoms with E-state index in [2.05, 4.69) is 26.2 Å². The number of hydrogen-bond donors (Lipinski definition) is 2. The number of nitrogens with zero attached hydrogens (tertiary/aromatic N) is 1. The number of anilines is 3. The predicted molar refractivity (Wildman–Crippen MR) is 83.5 cm³/mol. The van der Waals surface area contributed by atoms with Crippen LogP contribution in [-0.4, -0.2) is 4.98 Å². The monoisotopic (exact) mass is 331 g/mol. The highest BCUT2D eigenvalue weighted by molar-refractivity contribution is 9.10. The molecule has 0 spiro atoms. The van der Waals surface area contributed by atoms with Gasteiger partial charge in [0.15, 0.2) is 0 Å². The van der Waals surface area contributed by atoms with E-state index >= 15 is 0 Å². The first-order valence-corrected chi connectivity index (χ1v) is 6.80. The molecule has 2 aromatic carbocycles. The summed E-state index contributed by atoms with van der Waals surface area (Å²) < 4.78 is 13.8. The van der Waals surface area contributed by atoms with Crippen LogP contribution in [0.2, 0.25) is 0 Å². The first-order chi connectivity index (χ1) is 9.65. The van der Waals surface area contributed by atoms with Gasteiger partial charge >= 0.3 is 0 Å². The Morgan fingerprint density at radius 2 is 1.95 bits per heavy atom. The Balaban J connectivity index is 2.08. The normalized spacial score (nSPS) is 10.7. The summed E-state index contributed by atoms with van der Waals surface area (Å²) in [6.07, 6.45) is 1.74. The summed E-state index contributed by atoms with van der Waals surface area (Å²) in [4.78, 5) is 4.30. The van der Waals surface area contributed by atoms with Crippen molar-refractivity contribution in [2.45, 2.75) is 0 Å². The first-order valence-electron chi connectivity index (χ1n) is 6.00. The molecule has 0 bridgehead atoms. The fraction of sp³-hybridized carbons (Fsp3) is 0. The third-order valence-corrected chi connectivity index (χ3v) is 3.62. The summed E-state index contributed by atoms with van der Waals surface area (Å²) in [6, 6.07) is 12.5. The molecule has 0 saturated heterocycles. The minimum atomic E-state index is -0.382. The van der Waals surface area contributed by atoms with Gasteiger partial charge in [-0.1, -0.05) is 6.07 Å². The second kappa shape index (κ2) is 5.09. The van der Waals surface area contributed by atoms with Crippen LogP contribution in [0.4, 0.5) is 21.5 Å². The standard InChI is InChI=1S/C15H11BrFN3/c16-10-7-15(12(18)8-11(10)17)20-14-5-1-4-13-9(14)3-2-6-19-13/h1-8,20H,18H2. The molecule has 3 nitrogen and oxygen atoms in total. The Bertz CT molecular complexity index is 784. The third kappa shape index (κ3) is 2.32. The molecule has 100 valence electrons. The molecule has 0 aliphatic carbocycles. The highest BCUT2D eigenvalue weighted by Gasteiger charge is 2.08. The maximum absolute atomic E-state index is 13.4. The molecule has 1 aromatic heterocycles. The Morgan fingerprint density at radius 1 is 1.10 bits per heavy atom. The fourth-order valence-electron chi connectivity index (χ4n) is 2.03. The van der Waals surface area contributed by atoms with Gasteiger partial charge in [-0.25, -0.2) is 4.39 Å². The van der Waals surface area contributed by atoms with Gasteiger partial charge in [-0.3, -0.25) is 4.98 Å². The molecule has 1 heterocycles. The van der Waals surface area contributed by atoms with Crippen LogP contribution in [0.3, 0.4) is 0 Å². The molecule has 0 aliphatic heterocycles. The van der Waals surface area contributed by atoms with Gasteiger partial charge in [0, 0.05) is 23.3 Å². The number of aromatic nitrogens is 1. The largest absolute Gasteiger partial charge is 0.397 e. The van der Waals surface area contributed by atoms with E-state index in [-0.39, 0.29) is 5.82 Å². The quantitative estimate of drug-likeness (QED) is 0.681. The van der Waals surface area contributed by atoms with E-state index in [0.29, 0.717) is 15.8 Å². The van der Waals surface area contributed by atoms with Gasteiger partial charge in [0.2, 0.25) is 0 Å². The maximum atomic E-state index is 13.4. The second-order valence-corrected chi connectivity index (χ2v) is 5.21. The van der Waals surface area contributed by atoms with Crippen molar-refractivity contribution in [2.75, 3.05) is 11.1 Å². The zero-order valence-electron chi connectivity index (χ0n) is 10.4. The number of nitrogen functional groups attached to an aromatic ring is 1.